The number of nitrogens with zero attached hydrogens (tertiary/aromatic N) is 1. The summed E-state index contributed by atoms with van der Waals surface area (Å²) in [5.74, 6) is 1.31. The van der Waals surface area contributed by atoms with Crippen molar-refractivity contribution >= 4 is 5.91 Å². The highest BCUT2D eigenvalue weighted by Gasteiger charge is 2.38. The third-order valence-corrected chi connectivity index (χ3v) is 4.36. The lowest BCUT2D eigenvalue weighted by molar-refractivity contribution is -0.129. The molecule has 1 aromatic rings. The molecule has 0 aliphatic carbocycles. The van der Waals surface area contributed by atoms with Gasteiger partial charge in [0, 0.05) is 19.0 Å². The molecule has 1 heterocycles. The molecule has 1 amide bonds. The molecule has 0 bridgehead atoms. The van der Waals surface area contributed by atoms with Crippen LogP contribution in [0.25, 0.3) is 0 Å². The van der Waals surface area contributed by atoms with E-state index in [9.17, 15) is 4.79 Å². The first-order valence-corrected chi connectivity index (χ1v) is 8.05. The Kier molecular flexibility index (Phi) is 5.04. The summed E-state index contributed by atoms with van der Waals surface area (Å²) in [6.07, 6.45) is 1.49. The van der Waals surface area contributed by atoms with Crippen molar-refractivity contribution in [2.24, 2.45) is 11.7 Å². The van der Waals surface area contributed by atoms with Crippen LogP contribution in [0.3, 0.4) is 0 Å². The molecule has 1 saturated heterocycles. The topological polar surface area (TPSA) is 46.3 Å². The van der Waals surface area contributed by atoms with Crippen molar-refractivity contribution in [2.75, 3.05) is 6.54 Å². The average Bonchev–Trinajstić information content (AvgIpc) is 2.70. The Balaban J connectivity index is 2.19. The van der Waals surface area contributed by atoms with E-state index in [1.165, 1.54) is 11.1 Å². The van der Waals surface area contributed by atoms with Crippen LogP contribution in [0.4, 0.5) is 0 Å². The van der Waals surface area contributed by atoms with Crippen LogP contribution in [0.5, 0.6) is 0 Å². The van der Waals surface area contributed by atoms with Crippen LogP contribution in [0.2, 0.25) is 0 Å². The van der Waals surface area contributed by atoms with E-state index in [4.69, 9.17) is 5.73 Å². The summed E-state index contributed by atoms with van der Waals surface area (Å²) in [5.41, 5.74) is 8.73. The quantitative estimate of drug-likeness (QED) is 0.902. The van der Waals surface area contributed by atoms with E-state index in [1.807, 2.05) is 4.90 Å². The normalized spacial score (nSPS) is 22.6. The monoisotopic (exact) mass is 288 g/mol. The Labute approximate surface area is 128 Å². The van der Waals surface area contributed by atoms with Gasteiger partial charge in [0.25, 0.3) is 0 Å². The number of rotatable bonds is 5. The minimum atomic E-state index is -0.0884. The van der Waals surface area contributed by atoms with Crippen molar-refractivity contribution in [2.45, 2.75) is 58.5 Å². The number of hydrogen-bond acceptors (Lipinski definition) is 2. The Hall–Kier alpha value is -1.35. The van der Waals surface area contributed by atoms with Gasteiger partial charge in [0.05, 0.1) is 6.04 Å². The summed E-state index contributed by atoms with van der Waals surface area (Å²) >= 11 is 0. The summed E-state index contributed by atoms with van der Waals surface area (Å²) in [7, 11) is 0. The summed E-state index contributed by atoms with van der Waals surface area (Å²) in [6.45, 7) is 9.56. The van der Waals surface area contributed by atoms with Crippen molar-refractivity contribution in [3.63, 3.8) is 0 Å². The molecule has 1 aromatic carbocycles. The lowest BCUT2D eigenvalue weighted by Gasteiger charge is -2.28. The van der Waals surface area contributed by atoms with E-state index in [1.54, 1.807) is 0 Å². The molecule has 1 fully saturated rings. The number of nitrogens with two attached hydrogens (primary N) is 1. The highest BCUT2D eigenvalue weighted by Crippen LogP contribution is 2.33. The third-order valence-electron chi connectivity index (χ3n) is 4.36. The lowest BCUT2D eigenvalue weighted by Crippen LogP contribution is -2.34. The van der Waals surface area contributed by atoms with Gasteiger partial charge >= 0.3 is 0 Å². The molecule has 3 heteroatoms. The van der Waals surface area contributed by atoms with Crippen LogP contribution in [-0.2, 0) is 4.79 Å². The molecule has 0 spiro atoms. The van der Waals surface area contributed by atoms with Crippen LogP contribution >= 0.6 is 0 Å². The van der Waals surface area contributed by atoms with Crippen molar-refractivity contribution in [3.05, 3.63) is 35.4 Å². The summed E-state index contributed by atoms with van der Waals surface area (Å²) in [5, 5.41) is 0. The van der Waals surface area contributed by atoms with Crippen LogP contribution in [0.1, 0.15) is 63.6 Å². The Morgan fingerprint density at radius 3 is 2.33 bits per heavy atom. The molecule has 116 valence electrons. The standard InChI is InChI=1S/C18H28N2O/c1-12(2)9-10-20-17(21)11-16(19)18(20)15-7-5-14(6-8-15)13(3)4/h5-8,12-13,16,18H,9-11,19H2,1-4H3. The number of amides is 1. The van der Waals surface area contributed by atoms with Crippen LogP contribution in [0.15, 0.2) is 24.3 Å². The van der Waals surface area contributed by atoms with Crippen LogP contribution in [0, 0.1) is 5.92 Å². The van der Waals surface area contributed by atoms with Crippen LogP contribution < -0.4 is 5.73 Å². The maximum Gasteiger partial charge on any atom is 0.224 e. The maximum atomic E-state index is 12.2. The smallest absolute Gasteiger partial charge is 0.224 e. The molecular formula is C18H28N2O. The minimum Gasteiger partial charge on any atom is -0.334 e. The Morgan fingerprint density at radius 2 is 1.81 bits per heavy atom. The first-order valence-electron chi connectivity index (χ1n) is 8.05. The zero-order chi connectivity index (χ0) is 15.6. The second-order valence-electron chi connectivity index (χ2n) is 6.90. The molecule has 1 aliphatic rings. The molecular weight excluding hydrogens is 260 g/mol. The Morgan fingerprint density at radius 1 is 1.19 bits per heavy atom. The third kappa shape index (κ3) is 3.65. The second-order valence-corrected chi connectivity index (χ2v) is 6.90. The molecule has 2 unspecified atom stereocenters. The molecule has 0 aromatic heterocycles. The molecule has 2 atom stereocenters. The fourth-order valence-corrected chi connectivity index (χ4v) is 2.98. The highest BCUT2D eigenvalue weighted by atomic mass is 16.2. The first kappa shape index (κ1) is 16.0. The van der Waals surface area contributed by atoms with Gasteiger partial charge in [-0.15, -0.1) is 0 Å². The maximum absolute atomic E-state index is 12.2. The number of benzene rings is 1. The van der Waals surface area contributed by atoms with E-state index in [0.717, 1.165) is 13.0 Å². The molecule has 2 rings (SSSR count). The number of hydrogen-bond donors (Lipinski definition) is 1. The van der Waals surface area contributed by atoms with E-state index in [2.05, 4.69) is 52.0 Å². The van der Waals surface area contributed by atoms with Gasteiger partial charge in [0.2, 0.25) is 5.91 Å². The van der Waals surface area contributed by atoms with Gasteiger partial charge in [-0.05, 0) is 29.4 Å². The Bertz CT molecular complexity index is 478. The first-order chi connectivity index (χ1) is 9.90. The minimum absolute atomic E-state index is 0.0393. The highest BCUT2D eigenvalue weighted by molar-refractivity contribution is 5.80. The van der Waals surface area contributed by atoms with Gasteiger partial charge < -0.3 is 10.6 Å². The SMILES string of the molecule is CC(C)CCN1C(=O)CC(N)C1c1ccc(C(C)C)cc1. The molecule has 0 radical (unpaired) electrons. The van der Waals surface area contributed by atoms with Crippen molar-refractivity contribution in [1.29, 1.82) is 0 Å². The largest absolute Gasteiger partial charge is 0.334 e. The summed E-state index contributed by atoms with van der Waals surface area (Å²) in [4.78, 5) is 14.2. The fraction of sp³-hybridized carbons (Fsp3) is 0.611. The number of likely N-dealkylation sites (tertiary alicyclic amines) is 1. The zero-order valence-corrected chi connectivity index (χ0v) is 13.7. The summed E-state index contributed by atoms with van der Waals surface area (Å²) < 4.78 is 0. The second kappa shape index (κ2) is 6.61. The average molecular weight is 288 g/mol. The van der Waals surface area contributed by atoms with E-state index in [0.29, 0.717) is 18.3 Å². The van der Waals surface area contributed by atoms with Gasteiger partial charge in [0.1, 0.15) is 0 Å². The molecule has 0 saturated carbocycles. The van der Waals surface area contributed by atoms with E-state index in [-0.39, 0.29) is 18.0 Å². The van der Waals surface area contributed by atoms with Gasteiger partial charge in [-0.1, -0.05) is 52.0 Å². The molecule has 2 N–H and O–H groups in total. The van der Waals surface area contributed by atoms with E-state index >= 15 is 0 Å². The predicted molar refractivity (Wildman–Crippen MR) is 87.0 cm³/mol. The number of carbonyl (C=O) groups is 1. The molecule has 1 aliphatic heterocycles. The van der Waals surface area contributed by atoms with Crippen molar-refractivity contribution < 1.29 is 4.79 Å². The predicted octanol–water partition coefficient (Wildman–Crippen LogP) is 3.46. The molecule has 3 nitrogen and oxygen atoms in total. The molecule has 21 heavy (non-hydrogen) atoms. The van der Waals surface area contributed by atoms with Gasteiger partial charge in [-0.25, -0.2) is 0 Å². The zero-order valence-electron chi connectivity index (χ0n) is 13.7. The number of carbonyl (C=O) groups excluding carboxylic acids is 1. The fourth-order valence-electron chi connectivity index (χ4n) is 2.98. The van der Waals surface area contributed by atoms with Crippen molar-refractivity contribution in [1.82, 2.24) is 4.90 Å². The lowest BCUT2D eigenvalue weighted by atomic mass is 9.96. The van der Waals surface area contributed by atoms with Gasteiger partial charge in [0.15, 0.2) is 0 Å². The summed E-state index contributed by atoms with van der Waals surface area (Å²) in [6, 6.07) is 8.56. The van der Waals surface area contributed by atoms with Gasteiger partial charge in [-0.2, -0.15) is 0 Å². The van der Waals surface area contributed by atoms with Gasteiger partial charge in [-0.3, -0.25) is 4.79 Å². The van der Waals surface area contributed by atoms with Crippen molar-refractivity contribution in [3.8, 4) is 0 Å². The van der Waals surface area contributed by atoms with E-state index < -0.39 is 0 Å². The van der Waals surface area contributed by atoms with Crippen LogP contribution in [-0.4, -0.2) is 23.4 Å².